The first-order valence-electron chi connectivity index (χ1n) is 5.33. The first-order chi connectivity index (χ1) is 7.90. The maximum absolute atomic E-state index is 6.72. The summed E-state index contributed by atoms with van der Waals surface area (Å²) in [5, 5.41) is 3.71. The topological polar surface area (TPSA) is 28.8 Å². The van der Waals surface area contributed by atoms with E-state index in [1.54, 1.807) is 0 Å². The minimum atomic E-state index is -0.111. The van der Waals surface area contributed by atoms with Gasteiger partial charge in [0.15, 0.2) is 0 Å². The van der Waals surface area contributed by atoms with E-state index in [1.165, 1.54) is 16.7 Å². The summed E-state index contributed by atoms with van der Waals surface area (Å²) in [6, 6.07) is 0. The lowest BCUT2D eigenvalue weighted by molar-refractivity contribution is 1.15. The van der Waals surface area contributed by atoms with E-state index in [0.717, 1.165) is 16.8 Å². The SMILES string of the molecule is [C-]#[N+]/C(Cl)=N\Nc1c(C)c(C)c(C)c(C)c1C. The molecule has 0 saturated carbocycles. The molecule has 0 fully saturated rings. The van der Waals surface area contributed by atoms with Gasteiger partial charge in [0.2, 0.25) is 0 Å². The summed E-state index contributed by atoms with van der Waals surface area (Å²) in [6.07, 6.45) is 0. The third-order valence-electron chi connectivity index (χ3n) is 3.35. The molecule has 0 aliphatic carbocycles. The predicted molar refractivity (Wildman–Crippen MR) is 73.6 cm³/mol. The maximum atomic E-state index is 6.72. The van der Waals surface area contributed by atoms with Gasteiger partial charge in [0.1, 0.15) is 0 Å². The number of halogens is 1. The van der Waals surface area contributed by atoms with Gasteiger partial charge in [-0.25, -0.2) is 5.43 Å². The van der Waals surface area contributed by atoms with E-state index in [-0.39, 0.29) is 5.29 Å². The third-order valence-corrected chi connectivity index (χ3v) is 3.52. The Balaban J connectivity index is 3.31. The highest BCUT2D eigenvalue weighted by molar-refractivity contribution is 6.67. The zero-order valence-electron chi connectivity index (χ0n) is 10.8. The van der Waals surface area contributed by atoms with Crippen LogP contribution in [0.4, 0.5) is 5.69 Å². The number of rotatable bonds is 2. The van der Waals surface area contributed by atoms with Crippen molar-refractivity contribution >= 4 is 22.6 Å². The molecule has 0 aliphatic rings. The fraction of sp³-hybridized carbons (Fsp3) is 0.385. The van der Waals surface area contributed by atoms with Crippen molar-refractivity contribution in [2.24, 2.45) is 5.10 Å². The molecule has 3 nitrogen and oxygen atoms in total. The largest absolute Gasteiger partial charge is 0.363 e. The zero-order chi connectivity index (χ0) is 13.2. The van der Waals surface area contributed by atoms with E-state index in [0.29, 0.717) is 0 Å². The second-order valence-electron chi connectivity index (χ2n) is 4.10. The predicted octanol–water partition coefficient (Wildman–Crippen LogP) is 4.07. The monoisotopic (exact) mass is 249 g/mol. The van der Waals surface area contributed by atoms with Crippen LogP contribution in [0.15, 0.2) is 5.10 Å². The van der Waals surface area contributed by atoms with E-state index in [9.17, 15) is 0 Å². The molecule has 0 spiro atoms. The third kappa shape index (κ3) is 2.59. The van der Waals surface area contributed by atoms with Crippen molar-refractivity contribution in [1.82, 2.24) is 0 Å². The fourth-order valence-corrected chi connectivity index (χ4v) is 1.84. The van der Waals surface area contributed by atoms with Crippen LogP contribution in [0.5, 0.6) is 0 Å². The quantitative estimate of drug-likeness (QED) is 0.277. The Morgan fingerprint density at radius 3 is 1.82 bits per heavy atom. The van der Waals surface area contributed by atoms with Gasteiger partial charge in [-0.2, -0.15) is 0 Å². The number of nitrogens with zero attached hydrogens (tertiary/aromatic N) is 2. The Morgan fingerprint density at radius 1 is 1.00 bits per heavy atom. The van der Waals surface area contributed by atoms with Crippen LogP contribution in [0.1, 0.15) is 27.8 Å². The zero-order valence-corrected chi connectivity index (χ0v) is 11.5. The molecule has 0 atom stereocenters. The average molecular weight is 250 g/mol. The lowest BCUT2D eigenvalue weighted by atomic mass is 9.93. The van der Waals surface area contributed by atoms with E-state index in [4.69, 9.17) is 18.2 Å². The van der Waals surface area contributed by atoms with Crippen molar-refractivity contribution in [1.29, 1.82) is 0 Å². The first-order valence-corrected chi connectivity index (χ1v) is 5.71. The van der Waals surface area contributed by atoms with Crippen LogP contribution >= 0.6 is 11.6 Å². The molecule has 0 radical (unpaired) electrons. The molecule has 90 valence electrons. The molecular formula is C13H16ClN3. The average Bonchev–Trinajstić information content (AvgIpc) is 2.33. The van der Waals surface area contributed by atoms with Gasteiger partial charge in [0.25, 0.3) is 0 Å². The molecule has 0 saturated heterocycles. The first kappa shape index (κ1) is 13.5. The molecule has 1 N–H and O–H groups in total. The van der Waals surface area contributed by atoms with Crippen LogP contribution in [-0.2, 0) is 0 Å². The van der Waals surface area contributed by atoms with Crippen LogP contribution in [0.25, 0.3) is 4.85 Å². The van der Waals surface area contributed by atoms with Gasteiger partial charge in [0, 0.05) is 0 Å². The summed E-state index contributed by atoms with van der Waals surface area (Å²) in [6.45, 7) is 17.1. The van der Waals surface area contributed by atoms with Crippen molar-refractivity contribution in [2.45, 2.75) is 34.6 Å². The molecule has 0 amide bonds. The molecule has 0 aliphatic heterocycles. The normalized spacial score (nSPS) is 11.2. The lowest BCUT2D eigenvalue weighted by Gasteiger charge is -2.16. The van der Waals surface area contributed by atoms with Gasteiger partial charge in [-0.3, -0.25) is 0 Å². The minimum Gasteiger partial charge on any atom is -0.349 e. The number of hydrogen-bond acceptors (Lipinski definition) is 2. The highest BCUT2D eigenvalue weighted by atomic mass is 35.5. The molecule has 1 aromatic rings. The summed E-state index contributed by atoms with van der Waals surface area (Å²) >= 11 is 5.56. The Morgan fingerprint density at radius 2 is 1.41 bits per heavy atom. The number of benzene rings is 1. The molecule has 1 aromatic carbocycles. The molecule has 4 heteroatoms. The smallest absolute Gasteiger partial charge is 0.349 e. The number of nitrogens with one attached hydrogen (secondary N) is 1. The highest BCUT2D eigenvalue weighted by Gasteiger charge is 2.12. The van der Waals surface area contributed by atoms with Crippen LogP contribution in [0, 0.1) is 41.2 Å². The highest BCUT2D eigenvalue weighted by Crippen LogP contribution is 2.30. The van der Waals surface area contributed by atoms with Crippen molar-refractivity contribution in [3.05, 3.63) is 39.2 Å². The second-order valence-corrected chi connectivity index (χ2v) is 4.44. The fourth-order valence-electron chi connectivity index (χ4n) is 1.79. The van der Waals surface area contributed by atoms with Gasteiger partial charge in [-0.15, -0.1) is 0 Å². The van der Waals surface area contributed by atoms with Crippen molar-refractivity contribution in [3.8, 4) is 0 Å². The summed E-state index contributed by atoms with van der Waals surface area (Å²) < 4.78 is 0. The van der Waals surface area contributed by atoms with Crippen molar-refractivity contribution in [3.63, 3.8) is 0 Å². The Kier molecular flexibility index (Phi) is 4.14. The number of hydrogen-bond donors (Lipinski definition) is 1. The standard InChI is InChI=1S/C13H16ClN3/c1-7-8(2)10(4)12(11(5)9(7)3)16-17-13(14)15-6/h16H,1-5H3/b17-13-. The number of hydrazone groups is 1. The van der Waals surface area contributed by atoms with Gasteiger partial charge in [-0.1, -0.05) is 18.2 Å². The summed E-state index contributed by atoms with van der Waals surface area (Å²) in [5.41, 5.74) is 9.88. The van der Waals surface area contributed by atoms with Crippen LogP contribution < -0.4 is 5.43 Å². The molecular weight excluding hydrogens is 234 g/mol. The van der Waals surface area contributed by atoms with E-state index < -0.39 is 0 Å². The molecule has 0 aromatic heterocycles. The van der Waals surface area contributed by atoms with E-state index >= 15 is 0 Å². The summed E-state index contributed by atoms with van der Waals surface area (Å²) in [7, 11) is 0. The minimum absolute atomic E-state index is 0.111. The molecule has 1 rings (SSSR count). The lowest BCUT2D eigenvalue weighted by Crippen LogP contribution is -2.03. The van der Waals surface area contributed by atoms with E-state index in [2.05, 4.69) is 36.1 Å². The summed E-state index contributed by atoms with van der Waals surface area (Å²) in [4.78, 5) is 3.03. The van der Waals surface area contributed by atoms with Crippen LogP contribution in [-0.4, -0.2) is 5.29 Å². The maximum Gasteiger partial charge on any atom is 0.363 e. The Bertz CT molecular complexity index is 495. The number of anilines is 1. The van der Waals surface area contributed by atoms with Gasteiger partial charge < -0.3 is 4.85 Å². The van der Waals surface area contributed by atoms with Crippen molar-refractivity contribution in [2.75, 3.05) is 5.43 Å². The van der Waals surface area contributed by atoms with Gasteiger partial charge in [0.05, 0.1) is 5.69 Å². The molecule has 0 heterocycles. The summed E-state index contributed by atoms with van der Waals surface area (Å²) in [5.74, 6) is 0. The van der Waals surface area contributed by atoms with Crippen LogP contribution in [0.3, 0.4) is 0 Å². The van der Waals surface area contributed by atoms with Crippen molar-refractivity contribution < 1.29 is 0 Å². The van der Waals surface area contributed by atoms with Gasteiger partial charge >= 0.3 is 5.29 Å². The second kappa shape index (κ2) is 5.20. The van der Waals surface area contributed by atoms with Crippen LogP contribution in [0.2, 0.25) is 0 Å². The Hall–Kier alpha value is -1.53. The number of amidine groups is 1. The van der Waals surface area contributed by atoms with E-state index in [1.807, 2.05) is 13.8 Å². The Labute approximate surface area is 107 Å². The molecule has 17 heavy (non-hydrogen) atoms. The van der Waals surface area contributed by atoms with Gasteiger partial charge in [-0.05, 0) is 67.5 Å². The molecule has 0 unspecified atom stereocenters. The molecule has 0 bridgehead atoms.